The van der Waals surface area contributed by atoms with Gasteiger partial charge in [0.1, 0.15) is 16.7 Å². The Hall–Kier alpha value is -7.28. The van der Waals surface area contributed by atoms with Gasteiger partial charge in [0.15, 0.2) is 5.58 Å². The molecule has 17 rings (SSSR count). The lowest BCUT2D eigenvalue weighted by atomic mass is 9.44. The zero-order valence-corrected chi connectivity index (χ0v) is 44.1. The first-order chi connectivity index (χ1) is 35.7. The highest BCUT2D eigenvalue weighted by Gasteiger charge is 2.48. The van der Waals surface area contributed by atoms with Gasteiger partial charge in [0.05, 0.1) is 16.7 Å². The lowest BCUT2D eigenvalue weighted by Crippen LogP contribution is -2.60. The van der Waals surface area contributed by atoms with E-state index < -0.39 is 0 Å². The second-order valence-electron chi connectivity index (χ2n) is 25.2. The number of benzene rings is 9. The molecule has 74 heavy (non-hydrogen) atoms. The van der Waals surface area contributed by atoms with Gasteiger partial charge in [-0.15, -0.1) is 11.3 Å². The summed E-state index contributed by atoms with van der Waals surface area (Å²) in [5.41, 5.74) is 20.7. The summed E-state index contributed by atoms with van der Waals surface area (Å²) < 4.78 is 20.3. The highest BCUT2D eigenvalue weighted by Crippen LogP contribution is 2.56. The van der Waals surface area contributed by atoms with Crippen LogP contribution in [0.4, 0.5) is 11.4 Å². The molecule has 0 bridgehead atoms. The minimum absolute atomic E-state index is 0.0433. The Morgan fingerprint density at radius 3 is 1.72 bits per heavy atom. The maximum absolute atomic E-state index is 7.59. The molecule has 0 amide bonds. The highest BCUT2D eigenvalue weighted by atomic mass is 32.1. The molecule has 13 aromatic rings. The van der Waals surface area contributed by atoms with Crippen molar-refractivity contribution in [2.45, 2.75) is 103 Å². The van der Waals surface area contributed by atoms with Crippen LogP contribution in [0.1, 0.15) is 103 Å². The van der Waals surface area contributed by atoms with Crippen LogP contribution in [0.15, 0.2) is 148 Å². The summed E-state index contributed by atoms with van der Waals surface area (Å²) in [5, 5.41) is 12.3. The van der Waals surface area contributed by atoms with Crippen LogP contribution in [0, 0.1) is 0 Å². The van der Waals surface area contributed by atoms with E-state index in [2.05, 4.69) is 204 Å². The number of para-hydroxylation sites is 2. The summed E-state index contributed by atoms with van der Waals surface area (Å²) >= 11 is 1.93. The Kier molecular flexibility index (Phi) is 7.69. The lowest BCUT2D eigenvalue weighted by Gasteiger charge is -2.42. The van der Waals surface area contributed by atoms with Crippen LogP contribution in [0.25, 0.3) is 113 Å². The molecular weight excluding hydrogens is 920 g/mol. The molecule has 0 saturated carbocycles. The van der Waals surface area contributed by atoms with Gasteiger partial charge in [0, 0.05) is 80.4 Å². The first-order valence-corrected chi connectivity index (χ1v) is 27.8. The Balaban J connectivity index is 1.06. The maximum Gasteiger partial charge on any atom is 0.333 e. The van der Waals surface area contributed by atoms with Crippen LogP contribution in [-0.4, -0.2) is 11.4 Å². The van der Waals surface area contributed by atoms with Gasteiger partial charge in [-0.3, -0.25) is 0 Å². The van der Waals surface area contributed by atoms with E-state index in [4.69, 9.17) is 8.83 Å². The van der Waals surface area contributed by atoms with Crippen LogP contribution < -0.4 is 15.7 Å². The number of aromatic nitrogens is 1. The van der Waals surface area contributed by atoms with Gasteiger partial charge < -0.3 is 18.2 Å². The fourth-order valence-electron chi connectivity index (χ4n) is 15.1. The summed E-state index contributed by atoms with van der Waals surface area (Å²) in [5.74, 6) is 0. The predicted molar refractivity (Wildman–Crippen MR) is 315 cm³/mol. The Labute approximate surface area is 434 Å². The van der Waals surface area contributed by atoms with Crippen molar-refractivity contribution in [1.29, 1.82) is 0 Å². The molecule has 0 atom stereocenters. The van der Waals surface area contributed by atoms with Crippen molar-refractivity contribution in [3.8, 4) is 16.8 Å². The summed E-state index contributed by atoms with van der Waals surface area (Å²) in [6, 6.07) is 53.8. The Morgan fingerprint density at radius 2 is 1.00 bits per heavy atom. The molecule has 4 aliphatic rings. The standard InChI is InChI=1S/C68H55BN2O2S/c1-65(2)27-29-67(5,6)48-34-54-43(31-46(48)65)41-19-14-21-52(62(41)72-54)71-51-26-25-42-44-32-47-49(68(7,8)30-28-66(47,3)4)35-55(44)73-63(42)57(51)58-59-53(33-45-38-17-11-12-22-56(38)74-64(45)58)70-60-37-16-10-9-15-36(37)23-24-40(60)39-18-13-20-50(61(39)70)69(59)71/h9-26,31-35H,27-30H2,1-8H3. The normalized spacial score (nSPS) is 17.9. The molecule has 0 unspecified atom stereocenters. The number of hydrogen-bond donors (Lipinski definition) is 0. The molecule has 0 N–H and O–H groups in total. The molecule has 4 aromatic heterocycles. The topological polar surface area (TPSA) is 34.5 Å². The minimum Gasteiger partial charge on any atom is -0.455 e. The molecule has 358 valence electrons. The van der Waals surface area contributed by atoms with E-state index in [1.807, 2.05) is 11.3 Å². The van der Waals surface area contributed by atoms with Gasteiger partial charge in [0.25, 0.3) is 0 Å². The predicted octanol–water partition coefficient (Wildman–Crippen LogP) is 18.0. The molecule has 0 saturated heterocycles. The highest BCUT2D eigenvalue weighted by molar-refractivity contribution is 7.26. The van der Waals surface area contributed by atoms with Crippen molar-refractivity contribution in [1.82, 2.24) is 4.57 Å². The molecule has 0 radical (unpaired) electrons. The van der Waals surface area contributed by atoms with Crippen molar-refractivity contribution in [2.24, 2.45) is 0 Å². The third kappa shape index (κ3) is 5.11. The lowest BCUT2D eigenvalue weighted by molar-refractivity contribution is 0.332. The third-order valence-electron chi connectivity index (χ3n) is 19.3. The van der Waals surface area contributed by atoms with Crippen LogP contribution >= 0.6 is 11.3 Å². The zero-order valence-electron chi connectivity index (χ0n) is 43.3. The fraction of sp³-hybridized carbons (Fsp3) is 0.235. The van der Waals surface area contributed by atoms with Crippen molar-refractivity contribution in [3.63, 3.8) is 0 Å². The van der Waals surface area contributed by atoms with Gasteiger partial charge in [-0.25, -0.2) is 0 Å². The number of anilines is 2. The van der Waals surface area contributed by atoms with Crippen molar-refractivity contribution < 1.29 is 8.83 Å². The van der Waals surface area contributed by atoms with E-state index in [1.165, 1.54) is 113 Å². The van der Waals surface area contributed by atoms with Crippen molar-refractivity contribution in [3.05, 3.63) is 162 Å². The van der Waals surface area contributed by atoms with Gasteiger partial charge in [-0.1, -0.05) is 140 Å². The van der Waals surface area contributed by atoms with Gasteiger partial charge in [0.2, 0.25) is 0 Å². The van der Waals surface area contributed by atoms with Gasteiger partial charge in [-0.05, 0) is 141 Å². The summed E-state index contributed by atoms with van der Waals surface area (Å²) in [4.78, 5) is 2.66. The Bertz CT molecular complexity index is 4760. The van der Waals surface area contributed by atoms with Crippen LogP contribution in [0.2, 0.25) is 0 Å². The maximum atomic E-state index is 7.59. The fourth-order valence-corrected chi connectivity index (χ4v) is 16.3. The van der Waals surface area contributed by atoms with E-state index in [0.29, 0.717) is 0 Å². The largest absolute Gasteiger partial charge is 0.455 e. The van der Waals surface area contributed by atoms with E-state index in [0.717, 1.165) is 70.3 Å². The van der Waals surface area contributed by atoms with Crippen LogP contribution in [0.3, 0.4) is 0 Å². The van der Waals surface area contributed by atoms with Gasteiger partial charge in [-0.2, -0.15) is 0 Å². The average molecular weight is 975 g/mol. The van der Waals surface area contributed by atoms with E-state index >= 15 is 0 Å². The minimum atomic E-state index is -0.200. The smallest absolute Gasteiger partial charge is 0.333 e. The number of furan rings is 2. The number of nitrogens with zero attached hydrogens (tertiary/aromatic N) is 2. The molecule has 9 aromatic carbocycles. The number of rotatable bonds is 1. The molecule has 6 heterocycles. The second kappa shape index (κ2) is 13.5. The van der Waals surface area contributed by atoms with Crippen LogP contribution in [-0.2, 0) is 21.7 Å². The van der Waals surface area contributed by atoms with Crippen molar-refractivity contribution >= 4 is 137 Å². The van der Waals surface area contributed by atoms with E-state index in [9.17, 15) is 0 Å². The third-order valence-corrected chi connectivity index (χ3v) is 20.5. The van der Waals surface area contributed by atoms with Gasteiger partial charge >= 0.3 is 6.85 Å². The quantitative estimate of drug-likeness (QED) is 0.154. The molecule has 2 aliphatic heterocycles. The summed E-state index contributed by atoms with van der Waals surface area (Å²) in [6.07, 6.45) is 4.61. The molecule has 2 aliphatic carbocycles. The zero-order chi connectivity index (χ0) is 49.7. The number of hydrogen-bond acceptors (Lipinski definition) is 4. The van der Waals surface area contributed by atoms with E-state index in [-0.39, 0.29) is 28.5 Å². The molecule has 6 heteroatoms. The van der Waals surface area contributed by atoms with E-state index in [1.54, 1.807) is 0 Å². The SMILES string of the molecule is CC1(C)CCC(C)(C)c2cc3c(cc21)oc1c(N2B4c5c(cc6c(sc7ccccc76)c5-c5c2ccc2c5oc5cc6c(cc52)C(C)(C)CCC6(C)C)-n2c5c4cccc5c4ccc5ccccc5c42)cccc13. The molecule has 4 nitrogen and oxygen atoms in total. The first kappa shape index (κ1) is 42.1. The average Bonchev–Trinajstić information content (AvgIpc) is 4.34. The molecule has 0 spiro atoms. The summed E-state index contributed by atoms with van der Waals surface area (Å²) in [6.45, 7) is 19.2. The first-order valence-electron chi connectivity index (χ1n) is 26.9. The number of fused-ring (bicyclic) bond motifs is 22. The summed E-state index contributed by atoms with van der Waals surface area (Å²) in [7, 11) is 0. The number of thiophene rings is 1. The van der Waals surface area contributed by atoms with Crippen LogP contribution in [0.5, 0.6) is 0 Å². The second-order valence-corrected chi connectivity index (χ2v) is 26.3. The van der Waals surface area contributed by atoms with Crippen molar-refractivity contribution in [2.75, 3.05) is 4.81 Å². The molecular formula is C68H55BN2O2S. The monoisotopic (exact) mass is 974 g/mol. The Morgan fingerprint density at radius 1 is 0.432 bits per heavy atom. The molecule has 0 fully saturated rings.